The van der Waals surface area contributed by atoms with Crippen LogP contribution in [0.25, 0.3) is 10.9 Å². The molecule has 0 atom stereocenters. The fourth-order valence-corrected chi connectivity index (χ4v) is 2.46. The Kier molecular flexibility index (Phi) is 3.54. The van der Waals surface area contributed by atoms with Crippen LogP contribution in [0.5, 0.6) is 0 Å². The van der Waals surface area contributed by atoms with Crippen LogP contribution in [0.4, 0.5) is 0 Å². The predicted molar refractivity (Wildman–Crippen MR) is 84.5 cm³/mol. The monoisotopic (exact) mass is 296 g/mol. The fourth-order valence-electron chi connectivity index (χ4n) is 2.34. The lowest BCUT2D eigenvalue weighted by Gasteiger charge is -2.06. The zero-order chi connectivity index (χ0) is 14.8. The summed E-state index contributed by atoms with van der Waals surface area (Å²) in [7, 11) is 0. The van der Waals surface area contributed by atoms with Crippen molar-refractivity contribution in [2.45, 2.75) is 6.54 Å². The maximum atomic E-state index is 7.59. The molecule has 0 amide bonds. The van der Waals surface area contributed by atoms with Gasteiger partial charge < -0.3 is 4.57 Å². The molecule has 0 saturated heterocycles. The third kappa shape index (κ3) is 2.71. The first kappa shape index (κ1) is 13.5. The summed E-state index contributed by atoms with van der Waals surface area (Å²) < 4.78 is 2.14. The first-order chi connectivity index (χ1) is 10.2. The smallest absolute Gasteiger partial charge is 0.173 e. The Hall–Kier alpha value is -2.46. The zero-order valence-corrected chi connectivity index (χ0v) is 11.9. The Morgan fingerprint density at radius 1 is 1.10 bits per heavy atom. The Labute approximate surface area is 127 Å². The number of amidine groups is 1. The molecule has 0 fully saturated rings. The molecule has 21 heavy (non-hydrogen) atoms. The van der Waals surface area contributed by atoms with Crippen molar-refractivity contribution in [3.63, 3.8) is 0 Å². The van der Waals surface area contributed by atoms with E-state index in [0.29, 0.717) is 5.56 Å². The van der Waals surface area contributed by atoms with E-state index in [9.17, 15) is 0 Å². The molecule has 3 rings (SSSR count). The summed E-state index contributed by atoms with van der Waals surface area (Å²) >= 11 is 5.90. The highest BCUT2D eigenvalue weighted by atomic mass is 35.5. The van der Waals surface area contributed by atoms with Gasteiger partial charge in [-0.05, 0) is 42.0 Å². The average Bonchev–Trinajstić information content (AvgIpc) is 2.91. The zero-order valence-electron chi connectivity index (χ0n) is 11.2. The van der Waals surface area contributed by atoms with Crippen molar-refractivity contribution >= 4 is 28.3 Å². The normalized spacial score (nSPS) is 10.7. The van der Waals surface area contributed by atoms with Crippen molar-refractivity contribution in [3.8, 4) is 0 Å². The van der Waals surface area contributed by atoms with Crippen molar-refractivity contribution in [2.75, 3.05) is 0 Å². The second-order valence-electron chi connectivity index (χ2n) is 4.80. The Bertz CT molecular complexity index is 818. The van der Waals surface area contributed by atoms with Crippen LogP contribution in [0.3, 0.4) is 0 Å². The molecule has 1 aromatic heterocycles. The molecule has 0 spiro atoms. The number of benzene rings is 2. The SMILES string of the molecule is N=NC(=N)c1ccc2c(ccn2Cc2ccc(Cl)cc2)c1. The van der Waals surface area contributed by atoms with E-state index in [1.54, 1.807) is 0 Å². The van der Waals surface area contributed by atoms with Crippen molar-refractivity contribution in [3.05, 3.63) is 70.9 Å². The molecule has 4 nitrogen and oxygen atoms in total. The number of nitrogens with one attached hydrogen (secondary N) is 2. The maximum Gasteiger partial charge on any atom is 0.173 e. The van der Waals surface area contributed by atoms with Crippen LogP contribution in [-0.2, 0) is 6.54 Å². The van der Waals surface area contributed by atoms with Crippen LogP contribution in [0.15, 0.2) is 59.8 Å². The minimum atomic E-state index is -0.0256. The van der Waals surface area contributed by atoms with Gasteiger partial charge in [-0.1, -0.05) is 23.7 Å². The van der Waals surface area contributed by atoms with Crippen LogP contribution in [0.1, 0.15) is 11.1 Å². The van der Waals surface area contributed by atoms with E-state index < -0.39 is 0 Å². The molecule has 0 radical (unpaired) electrons. The highest BCUT2D eigenvalue weighted by Gasteiger charge is 2.05. The van der Waals surface area contributed by atoms with Gasteiger partial charge in [-0.25, -0.2) is 5.53 Å². The van der Waals surface area contributed by atoms with Crippen molar-refractivity contribution in [1.29, 1.82) is 10.9 Å². The largest absolute Gasteiger partial charge is 0.343 e. The quantitative estimate of drug-likeness (QED) is 0.400. The summed E-state index contributed by atoms with van der Waals surface area (Å²) in [5, 5.41) is 12.5. The van der Waals surface area contributed by atoms with E-state index >= 15 is 0 Å². The van der Waals surface area contributed by atoms with Gasteiger partial charge in [0.2, 0.25) is 0 Å². The minimum absolute atomic E-state index is 0.0256. The number of nitrogens with zero attached hydrogens (tertiary/aromatic N) is 2. The van der Waals surface area contributed by atoms with E-state index in [0.717, 1.165) is 22.5 Å². The van der Waals surface area contributed by atoms with E-state index in [1.807, 2.05) is 54.7 Å². The number of fused-ring (bicyclic) bond motifs is 1. The van der Waals surface area contributed by atoms with Gasteiger partial charge in [-0.15, -0.1) is 5.11 Å². The van der Waals surface area contributed by atoms with Crippen LogP contribution < -0.4 is 0 Å². The second-order valence-corrected chi connectivity index (χ2v) is 5.24. The van der Waals surface area contributed by atoms with Crippen LogP contribution in [0.2, 0.25) is 5.02 Å². The lowest BCUT2D eigenvalue weighted by Crippen LogP contribution is -1.98. The molecule has 0 aliphatic carbocycles. The molecule has 0 aliphatic rings. The number of hydrogen-bond donors (Lipinski definition) is 2. The number of hydrogen-bond acceptors (Lipinski definition) is 2. The molecule has 104 valence electrons. The van der Waals surface area contributed by atoms with E-state index in [2.05, 4.69) is 9.68 Å². The van der Waals surface area contributed by atoms with Crippen LogP contribution in [0, 0.1) is 10.9 Å². The molecule has 3 aromatic rings. The van der Waals surface area contributed by atoms with Crippen LogP contribution in [-0.4, -0.2) is 10.4 Å². The van der Waals surface area contributed by atoms with Crippen molar-refractivity contribution in [2.24, 2.45) is 5.11 Å². The first-order valence-electron chi connectivity index (χ1n) is 6.47. The summed E-state index contributed by atoms with van der Waals surface area (Å²) in [4.78, 5) is 0. The van der Waals surface area contributed by atoms with E-state index in [4.69, 9.17) is 22.5 Å². The topological polar surface area (TPSA) is 65.0 Å². The number of rotatable bonds is 3. The van der Waals surface area contributed by atoms with Crippen molar-refractivity contribution in [1.82, 2.24) is 4.57 Å². The third-order valence-corrected chi connectivity index (χ3v) is 3.67. The Balaban J connectivity index is 1.95. The molecule has 0 bridgehead atoms. The molecular weight excluding hydrogens is 284 g/mol. The molecule has 2 N–H and O–H groups in total. The fraction of sp³-hybridized carbons (Fsp3) is 0.0625. The maximum absolute atomic E-state index is 7.59. The van der Waals surface area contributed by atoms with Crippen LogP contribution >= 0.6 is 11.6 Å². The van der Waals surface area contributed by atoms with E-state index in [1.165, 1.54) is 5.56 Å². The lowest BCUT2D eigenvalue weighted by molar-refractivity contribution is 0.837. The second kappa shape index (κ2) is 5.50. The van der Waals surface area contributed by atoms with Gasteiger partial charge in [0.1, 0.15) is 0 Å². The molecular formula is C16H13ClN4. The van der Waals surface area contributed by atoms with Gasteiger partial charge in [0.25, 0.3) is 0 Å². The van der Waals surface area contributed by atoms with Crippen molar-refractivity contribution < 1.29 is 0 Å². The predicted octanol–water partition coefficient (Wildman–Crippen LogP) is 4.70. The highest BCUT2D eigenvalue weighted by Crippen LogP contribution is 2.20. The number of aromatic nitrogens is 1. The van der Waals surface area contributed by atoms with Gasteiger partial charge in [0, 0.05) is 34.2 Å². The van der Waals surface area contributed by atoms with Gasteiger partial charge in [0.15, 0.2) is 5.84 Å². The summed E-state index contributed by atoms with van der Waals surface area (Å²) in [6.45, 7) is 0.764. The molecule has 5 heteroatoms. The minimum Gasteiger partial charge on any atom is -0.343 e. The molecule has 0 unspecified atom stereocenters. The Morgan fingerprint density at radius 3 is 2.57 bits per heavy atom. The first-order valence-corrected chi connectivity index (χ1v) is 6.85. The molecule has 0 aliphatic heterocycles. The summed E-state index contributed by atoms with van der Waals surface area (Å²) in [5.41, 5.74) is 9.83. The summed E-state index contributed by atoms with van der Waals surface area (Å²) in [6, 6.07) is 15.5. The summed E-state index contributed by atoms with van der Waals surface area (Å²) in [5.74, 6) is -0.0256. The molecule has 2 aromatic carbocycles. The van der Waals surface area contributed by atoms with Gasteiger partial charge in [-0.3, -0.25) is 5.41 Å². The average molecular weight is 297 g/mol. The molecule has 1 heterocycles. The van der Waals surface area contributed by atoms with Gasteiger partial charge >= 0.3 is 0 Å². The molecule has 0 saturated carbocycles. The highest BCUT2D eigenvalue weighted by molar-refractivity contribution is 6.30. The third-order valence-electron chi connectivity index (χ3n) is 3.42. The van der Waals surface area contributed by atoms with Gasteiger partial charge in [-0.2, -0.15) is 0 Å². The standard InChI is InChI=1S/C16H13ClN4/c17-14-4-1-11(2-5-14)10-21-8-7-12-9-13(16(18)20-19)3-6-15(12)21/h1-9,18-19H,10H2. The van der Waals surface area contributed by atoms with E-state index in [-0.39, 0.29) is 5.84 Å². The summed E-state index contributed by atoms with van der Waals surface area (Å²) in [6.07, 6.45) is 2.02. The number of halogens is 1. The van der Waals surface area contributed by atoms with Gasteiger partial charge in [0.05, 0.1) is 0 Å². The lowest BCUT2D eigenvalue weighted by atomic mass is 10.1. The Morgan fingerprint density at radius 2 is 1.86 bits per heavy atom.